The maximum Gasteiger partial charge on any atom is 0.191 e. The number of halogens is 1. The Balaban J connectivity index is 0.00000300. The van der Waals surface area contributed by atoms with Crippen molar-refractivity contribution in [2.45, 2.75) is 25.4 Å². The number of para-hydroxylation sites is 1. The fourth-order valence-electron chi connectivity index (χ4n) is 3.13. The molecule has 3 N–H and O–H groups in total. The molecule has 2 aromatic rings. The van der Waals surface area contributed by atoms with Crippen molar-refractivity contribution in [1.29, 1.82) is 0 Å². The van der Waals surface area contributed by atoms with Gasteiger partial charge in [-0.05, 0) is 37.5 Å². The van der Waals surface area contributed by atoms with Gasteiger partial charge in [-0.3, -0.25) is 4.99 Å². The topological polar surface area (TPSA) is 79.8 Å². The lowest BCUT2D eigenvalue weighted by Gasteiger charge is -2.13. The Labute approximate surface area is 190 Å². The van der Waals surface area contributed by atoms with Crippen LogP contribution in [0.5, 0.6) is 0 Å². The van der Waals surface area contributed by atoms with E-state index in [2.05, 4.69) is 38.1 Å². The van der Waals surface area contributed by atoms with E-state index in [0.717, 1.165) is 74.8 Å². The number of aliphatic imine (C=N–C) groups is 1. The summed E-state index contributed by atoms with van der Waals surface area (Å²) in [5, 5.41) is 11.1. The third kappa shape index (κ3) is 8.31. The Morgan fingerprint density at radius 2 is 2.03 bits per heavy atom. The second kappa shape index (κ2) is 13.6. The highest BCUT2D eigenvalue weighted by atomic mass is 127. The van der Waals surface area contributed by atoms with Crippen LogP contribution in [0.2, 0.25) is 0 Å². The van der Waals surface area contributed by atoms with E-state index in [1.54, 1.807) is 7.05 Å². The van der Waals surface area contributed by atoms with Crippen molar-refractivity contribution in [3.05, 3.63) is 36.4 Å². The van der Waals surface area contributed by atoms with Crippen LogP contribution in [0.4, 0.5) is 5.82 Å². The summed E-state index contributed by atoms with van der Waals surface area (Å²) in [5.41, 5.74) is 1.000. The first-order valence-electron chi connectivity index (χ1n) is 10.1. The number of fused-ring (bicyclic) bond motifs is 1. The number of hydrogen-bond donors (Lipinski definition) is 3. The zero-order chi connectivity index (χ0) is 19.4. The summed E-state index contributed by atoms with van der Waals surface area (Å²) in [4.78, 5) is 8.86. The monoisotopic (exact) mass is 513 g/mol. The van der Waals surface area contributed by atoms with Crippen molar-refractivity contribution >= 4 is 46.7 Å². The number of aromatic nitrogens is 1. The van der Waals surface area contributed by atoms with Gasteiger partial charge >= 0.3 is 0 Å². The van der Waals surface area contributed by atoms with Crippen molar-refractivity contribution < 1.29 is 9.47 Å². The molecule has 0 bridgehead atoms. The second-order valence-corrected chi connectivity index (χ2v) is 6.81. The van der Waals surface area contributed by atoms with Crippen molar-refractivity contribution in [1.82, 2.24) is 15.6 Å². The van der Waals surface area contributed by atoms with Gasteiger partial charge in [-0.15, -0.1) is 24.0 Å². The highest BCUT2D eigenvalue weighted by Gasteiger charge is 2.14. The van der Waals surface area contributed by atoms with E-state index in [1.165, 1.54) is 0 Å². The van der Waals surface area contributed by atoms with Gasteiger partial charge < -0.3 is 25.4 Å². The lowest BCUT2D eigenvalue weighted by atomic mass is 10.2. The van der Waals surface area contributed by atoms with Crippen molar-refractivity contribution in [3.63, 3.8) is 0 Å². The van der Waals surface area contributed by atoms with E-state index in [1.807, 2.05) is 24.3 Å². The number of benzene rings is 1. The largest absolute Gasteiger partial charge is 0.379 e. The molecule has 1 unspecified atom stereocenters. The molecule has 1 aromatic carbocycles. The van der Waals surface area contributed by atoms with Crippen molar-refractivity contribution in [2.24, 2.45) is 4.99 Å². The number of anilines is 1. The van der Waals surface area contributed by atoms with Crippen LogP contribution in [0.1, 0.15) is 19.3 Å². The summed E-state index contributed by atoms with van der Waals surface area (Å²) in [6.45, 7) is 4.66. The van der Waals surface area contributed by atoms with Gasteiger partial charge in [-0.2, -0.15) is 0 Å². The van der Waals surface area contributed by atoms with Crippen LogP contribution in [-0.2, 0) is 9.47 Å². The Morgan fingerprint density at radius 1 is 1.17 bits per heavy atom. The molecule has 160 valence electrons. The van der Waals surface area contributed by atoms with Gasteiger partial charge in [-0.25, -0.2) is 4.98 Å². The highest BCUT2D eigenvalue weighted by molar-refractivity contribution is 14.0. The van der Waals surface area contributed by atoms with Crippen molar-refractivity contribution in [2.75, 3.05) is 51.8 Å². The predicted molar refractivity (Wildman–Crippen MR) is 129 cm³/mol. The SMILES string of the molecule is CN=C(NCCCOCC1CCCO1)NCCNc1ccc2ccccc2n1.I. The molecule has 2 heterocycles. The summed E-state index contributed by atoms with van der Waals surface area (Å²) in [5.74, 6) is 1.68. The van der Waals surface area contributed by atoms with Gasteiger partial charge in [0.05, 0.1) is 18.2 Å². The summed E-state index contributed by atoms with van der Waals surface area (Å²) < 4.78 is 11.2. The van der Waals surface area contributed by atoms with Crippen LogP contribution in [0.3, 0.4) is 0 Å². The second-order valence-electron chi connectivity index (χ2n) is 6.81. The minimum Gasteiger partial charge on any atom is -0.379 e. The van der Waals surface area contributed by atoms with Crippen LogP contribution in [0.25, 0.3) is 10.9 Å². The van der Waals surface area contributed by atoms with Gasteiger partial charge in [0, 0.05) is 45.3 Å². The minimum atomic E-state index is 0. The molecule has 1 aliphatic rings. The maximum absolute atomic E-state index is 5.67. The summed E-state index contributed by atoms with van der Waals surface area (Å²) in [6, 6.07) is 12.2. The molecule has 1 aliphatic heterocycles. The summed E-state index contributed by atoms with van der Waals surface area (Å²) in [6.07, 6.45) is 3.51. The predicted octanol–water partition coefficient (Wildman–Crippen LogP) is 3.02. The number of nitrogens with one attached hydrogen (secondary N) is 3. The lowest BCUT2D eigenvalue weighted by molar-refractivity contribution is 0.0168. The number of nitrogens with zero attached hydrogens (tertiary/aromatic N) is 2. The van der Waals surface area contributed by atoms with E-state index in [4.69, 9.17) is 9.47 Å². The molecule has 1 atom stereocenters. The van der Waals surface area contributed by atoms with Gasteiger partial charge in [-0.1, -0.05) is 18.2 Å². The first kappa shape index (κ1) is 23.6. The zero-order valence-electron chi connectivity index (χ0n) is 17.0. The van der Waals surface area contributed by atoms with E-state index in [-0.39, 0.29) is 24.0 Å². The third-order valence-electron chi connectivity index (χ3n) is 4.63. The molecule has 1 fully saturated rings. The van der Waals surface area contributed by atoms with Gasteiger partial charge in [0.15, 0.2) is 5.96 Å². The van der Waals surface area contributed by atoms with Crippen LogP contribution in [0.15, 0.2) is 41.4 Å². The summed E-state index contributed by atoms with van der Waals surface area (Å²) >= 11 is 0. The first-order valence-corrected chi connectivity index (χ1v) is 10.1. The number of pyridine rings is 1. The normalized spacial score (nSPS) is 16.4. The van der Waals surface area contributed by atoms with E-state index >= 15 is 0 Å². The van der Waals surface area contributed by atoms with Gasteiger partial charge in [0.25, 0.3) is 0 Å². The van der Waals surface area contributed by atoms with E-state index in [0.29, 0.717) is 12.7 Å². The highest BCUT2D eigenvalue weighted by Crippen LogP contribution is 2.14. The van der Waals surface area contributed by atoms with Crippen LogP contribution < -0.4 is 16.0 Å². The number of rotatable bonds is 10. The quantitative estimate of drug-likeness (QED) is 0.196. The Bertz CT molecular complexity index is 753. The standard InChI is InChI=1S/C21H31N5O2.HI/c1-22-21(24-11-5-14-27-16-18-7-4-15-28-18)25-13-12-23-20-10-9-17-6-2-3-8-19(17)26-20;/h2-3,6,8-10,18H,4-5,7,11-16H2,1H3,(H,23,26)(H2,22,24,25);1H. The average Bonchev–Trinajstić information content (AvgIpc) is 3.25. The van der Waals surface area contributed by atoms with Gasteiger partial charge in [0.1, 0.15) is 5.82 Å². The number of hydrogen-bond acceptors (Lipinski definition) is 5. The molecule has 0 spiro atoms. The number of guanidine groups is 1. The Morgan fingerprint density at radius 3 is 2.86 bits per heavy atom. The molecular formula is C21H32IN5O2. The molecule has 0 radical (unpaired) electrons. The van der Waals surface area contributed by atoms with Crippen LogP contribution >= 0.6 is 24.0 Å². The average molecular weight is 513 g/mol. The van der Waals surface area contributed by atoms with Crippen LogP contribution in [0, 0.1) is 0 Å². The molecular weight excluding hydrogens is 481 g/mol. The molecule has 0 amide bonds. The van der Waals surface area contributed by atoms with Crippen LogP contribution in [-0.4, -0.2) is 63.6 Å². The molecule has 7 nitrogen and oxygen atoms in total. The zero-order valence-corrected chi connectivity index (χ0v) is 19.4. The van der Waals surface area contributed by atoms with E-state index < -0.39 is 0 Å². The summed E-state index contributed by atoms with van der Waals surface area (Å²) in [7, 11) is 1.78. The third-order valence-corrected chi connectivity index (χ3v) is 4.63. The van der Waals surface area contributed by atoms with Gasteiger partial charge in [0.2, 0.25) is 0 Å². The van der Waals surface area contributed by atoms with E-state index in [9.17, 15) is 0 Å². The molecule has 1 saturated heterocycles. The molecule has 8 heteroatoms. The Kier molecular flexibility index (Phi) is 11.0. The fourth-order valence-corrected chi connectivity index (χ4v) is 3.13. The smallest absolute Gasteiger partial charge is 0.191 e. The lowest BCUT2D eigenvalue weighted by Crippen LogP contribution is -2.40. The first-order chi connectivity index (χ1) is 13.8. The molecule has 29 heavy (non-hydrogen) atoms. The molecule has 0 saturated carbocycles. The van der Waals surface area contributed by atoms with Crippen molar-refractivity contribution in [3.8, 4) is 0 Å². The number of ether oxygens (including phenoxy) is 2. The Hall–Kier alpha value is -1.65. The molecule has 0 aliphatic carbocycles. The molecule has 1 aromatic heterocycles. The minimum absolute atomic E-state index is 0. The fraction of sp³-hybridized carbons (Fsp3) is 0.524. The maximum atomic E-state index is 5.67. The molecule has 3 rings (SSSR count).